The highest BCUT2D eigenvalue weighted by atomic mass is 35.5. The Morgan fingerprint density at radius 2 is 1.35 bits per heavy atom. The lowest BCUT2D eigenvalue weighted by atomic mass is 9.88. The van der Waals surface area contributed by atoms with E-state index < -0.39 is 31.5 Å². The number of unbranched alkanes of at least 4 members (excludes halogenated alkanes) is 9. The fourth-order valence-electron chi connectivity index (χ4n) is 3.45. The number of sulfonamides is 1. The van der Waals surface area contributed by atoms with Crippen molar-refractivity contribution in [2.45, 2.75) is 96.2 Å². The third kappa shape index (κ3) is 11.4. The summed E-state index contributed by atoms with van der Waals surface area (Å²) in [5, 5.41) is 2.49. The van der Waals surface area contributed by atoms with Crippen LogP contribution in [0, 0.1) is 5.41 Å². The second-order valence-corrected chi connectivity index (χ2v) is 13.0. The summed E-state index contributed by atoms with van der Waals surface area (Å²) in [7, 11) is -3.52. The van der Waals surface area contributed by atoms with Gasteiger partial charge < -0.3 is 5.32 Å². The summed E-state index contributed by atoms with van der Waals surface area (Å²) in [6.07, 6.45) is 11.3. The number of hydrogen-bond acceptors (Lipinski definition) is 4. The van der Waals surface area contributed by atoms with Crippen LogP contribution < -0.4 is 10.0 Å². The number of Topliss-reactive ketones (excluding diaryl/α,β-unsaturated/α-hetero) is 1. The molecule has 0 aliphatic rings. The fourth-order valence-corrected chi connectivity index (χ4v) is 5.29. The van der Waals surface area contributed by atoms with Gasteiger partial charge in [0, 0.05) is 11.1 Å². The SMILES string of the molecule is CCCCCCCCCCCCS(=O)(=O)Nc1cccc(NC(=O)C(Cl)(Cl)C(=O)C(C)(C)C)c1. The first-order valence-electron chi connectivity index (χ1n) is 12.1. The number of halogens is 2. The Morgan fingerprint density at radius 1 is 0.853 bits per heavy atom. The smallest absolute Gasteiger partial charge is 0.268 e. The van der Waals surface area contributed by atoms with Gasteiger partial charge in [0.25, 0.3) is 10.2 Å². The Morgan fingerprint density at radius 3 is 1.88 bits per heavy atom. The second-order valence-electron chi connectivity index (χ2n) is 9.79. The van der Waals surface area contributed by atoms with Gasteiger partial charge in [-0.15, -0.1) is 0 Å². The summed E-state index contributed by atoms with van der Waals surface area (Å²) in [5.74, 6) is -1.48. The number of anilines is 2. The summed E-state index contributed by atoms with van der Waals surface area (Å²) in [4.78, 5) is 24.9. The number of rotatable bonds is 16. The van der Waals surface area contributed by atoms with Crippen LogP contribution in [-0.4, -0.2) is 30.2 Å². The van der Waals surface area contributed by atoms with Crippen LogP contribution in [-0.2, 0) is 19.6 Å². The third-order valence-electron chi connectivity index (χ3n) is 5.41. The zero-order valence-corrected chi connectivity index (χ0v) is 23.2. The summed E-state index contributed by atoms with van der Waals surface area (Å²) in [6, 6.07) is 6.19. The molecule has 1 amide bonds. The standard InChI is InChI=1S/C25H40Cl2N2O4S/c1-5-6-7-8-9-10-11-12-13-14-18-34(32,33)29-21-17-15-16-20(19-21)28-23(31)25(26,27)22(30)24(2,3)4/h15-17,19,29H,5-14,18H2,1-4H3,(H,28,31). The minimum absolute atomic E-state index is 0.0344. The maximum absolute atomic E-state index is 12.5. The summed E-state index contributed by atoms with van der Waals surface area (Å²) >= 11 is 12.1. The van der Waals surface area contributed by atoms with E-state index in [1.165, 1.54) is 44.6 Å². The summed E-state index contributed by atoms with van der Waals surface area (Å²) in [6.45, 7) is 7.06. The molecule has 0 aromatic heterocycles. The average molecular weight is 536 g/mol. The van der Waals surface area contributed by atoms with Crippen LogP contribution in [0.25, 0.3) is 0 Å². The molecular weight excluding hydrogens is 495 g/mol. The first kappa shape index (κ1) is 30.7. The van der Waals surface area contributed by atoms with E-state index in [1.54, 1.807) is 39.0 Å². The van der Waals surface area contributed by atoms with Crippen LogP contribution in [0.15, 0.2) is 24.3 Å². The minimum atomic E-state index is -3.52. The van der Waals surface area contributed by atoms with Crippen molar-refractivity contribution in [1.29, 1.82) is 0 Å². The number of nitrogens with one attached hydrogen (secondary N) is 2. The molecule has 0 heterocycles. The van der Waals surface area contributed by atoms with Crippen molar-refractivity contribution in [3.05, 3.63) is 24.3 Å². The highest BCUT2D eigenvalue weighted by Crippen LogP contribution is 2.33. The zero-order chi connectivity index (χ0) is 25.8. The molecule has 6 nitrogen and oxygen atoms in total. The maximum Gasteiger partial charge on any atom is 0.268 e. The van der Waals surface area contributed by atoms with Gasteiger partial charge in [0.15, 0.2) is 5.78 Å². The van der Waals surface area contributed by atoms with Gasteiger partial charge in [-0.3, -0.25) is 14.3 Å². The topological polar surface area (TPSA) is 92.3 Å². The number of alkyl halides is 2. The van der Waals surface area contributed by atoms with E-state index in [2.05, 4.69) is 17.0 Å². The van der Waals surface area contributed by atoms with Gasteiger partial charge in [-0.2, -0.15) is 0 Å². The molecule has 0 saturated carbocycles. The van der Waals surface area contributed by atoms with Gasteiger partial charge >= 0.3 is 0 Å². The van der Waals surface area contributed by atoms with Crippen molar-refractivity contribution in [2.24, 2.45) is 5.41 Å². The Bertz CT molecular complexity index is 896. The van der Waals surface area contributed by atoms with Crippen LogP contribution in [0.5, 0.6) is 0 Å². The van der Waals surface area contributed by atoms with Gasteiger partial charge in [-0.1, -0.05) is 115 Å². The second kappa shape index (κ2) is 14.3. The minimum Gasteiger partial charge on any atom is -0.323 e. The number of carbonyl (C=O) groups excluding carboxylic acids is 2. The molecule has 0 radical (unpaired) electrons. The van der Waals surface area contributed by atoms with Crippen molar-refractivity contribution in [1.82, 2.24) is 0 Å². The molecule has 0 fully saturated rings. The van der Waals surface area contributed by atoms with Gasteiger partial charge in [0.05, 0.1) is 11.4 Å². The Hall–Kier alpha value is -1.31. The molecule has 1 aromatic rings. The van der Waals surface area contributed by atoms with Crippen molar-refractivity contribution in [3.8, 4) is 0 Å². The van der Waals surface area contributed by atoms with E-state index in [0.717, 1.165) is 19.3 Å². The highest BCUT2D eigenvalue weighted by molar-refractivity contribution is 7.92. The largest absolute Gasteiger partial charge is 0.323 e. The van der Waals surface area contributed by atoms with Gasteiger partial charge in [-0.05, 0) is 24.6 Å². The number of ketones is 1. The Labute approximate surface area is 215 Å². The van der Waals surface area contributed by atoms with E-state index in [4.69, 9.17) is 23.2 Å². The molecule has 0 unspecified atom stereocenters. The zero-order valence-electron chi connectivity index (χ0n) is 20.9. The fraction of sp³-hybridized carbons (Fsp3) is 0.680. The Kier molecular flexibility index (Phi) is 12.9. The molecule has 0 spiro atoms. The van der Waals surface area contributed by atoms with Gasteiger partial charge in [-0.25, -0.2) is 8.42 Å². The predicted molar refractivity (Wildman–Crippen MR) is 143 cm³/mol. The summed E-state index contributed by atoms with van der Waals surface area (Å²) < 4.78 is 25.2. The van der Waals surface area contributed by atoms with E-state index in [0.29, 0.717) is 12.1 Å². The first-order chi connectivity index (χ1) is 15.8. The Balaban J connectivity index is 2.51. The van der Waals surface area contributed by atoms with Gasteiger partial charge in [0.2, 0.25) is 10.0 Å². The maximum atomic E-state index is 12.5. The molecule has 9 heteroatoms. The van der Waals surface area contributed by atoms with E-state index >= 15 is 0 Å². The summed E-state index contributed by atoms with van der Waals surface area (Å²) in [5.41, 5.74) is -0.328. The lowest BCUT2D eigenvalue weighted by Gasteiger charge is -2.25. The molecule has 1 aromatic carbocycles. The molecular formula is C25H40Cl2N2O4S. The normalized spacial score (nSPS) is 12.4. The van der Waals surface area contributed by atoms with Crippen LogP contribution in [0.4, 0.5) is 11.4 Å². The molecule has 1 rings (SSSR count). The van der Waals surface area contributed by atoms with Crippen molar-refractivity contribution in [3.63, 3.8) is 0 Å². The molecule has 34 heavy (non-hydrogen) atoms. The molecule has 0 bridgehead atoms. The quantitative estimate of drug-likeness (QED) is 0.134. The van der Waals surface area contributed by atoms with Crippen LogP contribution in [0.3, 0.4) is 0 Å². The van der Waals surface area contributed by atoms with Crippen molar-refractivity contribution in [2.75, 3.05) is 15.8 Å². The van der Waals surface area contributed by atoms with E-state index in [-0.39, 0.29) is 11.4 Å². The first-order valence-corrected chi connectivity index (χ1v) is 14.5. The molecule has 0 saturated heterocycles. The molecule has 0 aliphatic carbocycles. The number of hydrogen-bond donors (Lipinski definition) is 2. The lowest BCUT2D eigenvalue weighted by Crippen LogP contribution is -2.45. The lowest BCUT2D eigenvalue weighted by molar-refractivity contribution is -0.131. The monoisotopic (exact) mass is 534 g/mol. The molecule has 0 atom stereocenters. The van der Waals surface area contributed by atoms with Crippen LogP contribution in [0.1, 0.15) is 91.9 Å². The van der Waals surface area contributed by atoms with E-state index in [9.17, 15) is 18.0 Å². The highest BCUT2D eigenvalue weighted by Gasteiger charge is 2.47. The van der Waals surface area contributed by atoms with Gasteiger partial charge in [0.1, 0.15) is 0 Å². The molecule has 2 N–H and O–H groups in total. The third-order valence-corrected chi connectivity index (χ3v) is 7.47. The van der Waals surface area contributed by atoms with Crippen LogP contribution >= 0.6 is 23.2 Å². The average Bonchev–Trinajstić information content (AvgIpc) is 2.73. The number of benzene rings is 1. The number of amides is 1. The van der Waals surface area contributed by atoms with Crippen molar-refractivity contribution >= 4 is 56.3 Å². The van der Waals surface area contributed by atoms with Crippen molar-refractivity contribution < 1.29 is 18.0 Å². The molecule has 0 aliphatic heterocycles. The van der Waals surface area contributed by atoms with E-state index in [1.807, 2.05) is 0 Å². The van der Waals surface area contributed by atoms with Crippen LogP contribution in [0.2, 0.25) is 0 Å². The number of carbonyl (C=O) groups is 2. The predicted octanol–water partition coefficient (Wildman–Crippen LogP) is 7.08. The molecule has 194 valence electrons.